The Bertz CT molecular complexity index is 1490. The maximum atomic E-state index is 13.1. The summed E-state index contributed by atoms with van der Waals surface area (Å²) in [7, 11) is -5.09. The normalized spacial score (nSPS) is 19.1. The predicted octanol–water partition coefficient (Wildman–Crippen LogP) is 16.1. The van der Waals surface area contributed by atoms with E-state index in [1.807, 2.05) is 6.08 Å². The fraction of sp³-hybridized carbons (Fsp3) is 0.891. The van der Waals surface area contributed by atoms with E-state index in [2.05, 4.69) is 47.7 Å². The minimum Gasteiger partial charge on any atom is -0.394 e. The number of rotatable bonds is 57. The molecule has 0 bridgehead atoms. The highest BCUT2D eigenvalue weighted by molar-refractivity contribution is 7.80. The number of hydrogen-bond acceptors (Lipinski definition) is 10. The molecular formula is C64H121NO11S. The van der Waals surface area contributed by atoms with E-state index >= 15 is 0 Å². The molecule has 6 N–H and O–H groups in total. The Hall–Kier alpha value is -1.68. The van der Waals surface area contributed by atoms with Crippen LogP contribution in [0.2, 0.25) is 0 Å². The van der Waals surface area contributed by atoms with Crippen LogP contribution in [0, 0.1) is 0 Å². The summed E-state index contributed by atoms with van der Waals surface area (Å²) in [5.74, 6) is -0.259. The van der Waals surface area contributed by atoms with Gasteiger partial charge in [-0.25, -0.2) is 4.18 Å². The molecular weight excluding hydrogens is 991 g/mol. The van der Waals surface area contributed by atoms with Gasteiger partial charge in [-0.3, -0.25) is 9.35 Å². The third-order valence-corrected chi connectivity index (χ3v) is 15.9. The number of aliphatic hydroxyl groups excluding tert-OH is 4. The Balaban J connectivity index is 2.17. The molecule has 7 atom stereocenters. The summed E-state index contributed by atoms with van der Waals surface area (Å²) < 4.78 is 47.8. The molecule has 1 saturated heterocycles. The average molecular weight is 1110 g/mol. The molecule has 0 saturated carbocycles. The molecule has 77 heavy (non-hydrogen) atoms. The van der Waals surface area contributed by atoms with Gasteiger partial charge in [-0.15, -0.1) is 0 Å². The molecule has 13 heteroatoms. The lowest BCUT2D eigenvalue weighted by Gasteiger charge is -2.41. The SMILES string of the molecule is CCCCCCCCCCCCC/C=C/C(O)C(COC1OC(CO)C(O)C(OS(=O)(=O)O)C1O)NC(=O)CCCCCCCCCCCCCCCCCCC/C=C\C/C=C\CCCCCCCCCCCCCCC. The Morgan fingerprint density at radius 3 is 1.23 bits per heavy atom. The highest BCUT2D eigenvalue weighted by Gasteiger charge is 2.48. The first-order chi connectivity index (χ1) is 37.5. The standard InChI is InChI=1S/C64H121NO11S/c1-3-5-7-9-11-13-15-17-18-19-20-21-22-23-24-25-26-27-28-29-30-31-32-33-34-35-36-37-38-39-40-42-44-46-48-50-52-54-60(68)65-57(58(67)53-51-49-47-45-43-41-16-14-12-10-8-6-4-2)56-74-64-62(70)63(76-77(71,72)73)61(69)59(55-66)75-64/h24-25,27-28,51,53,57-59,61-64,66-67,69-70H,3-23,26,29-50,52,54-56H2,1-2H3,(H,65,68)(H,71,72,73)/b25-24-,28-27-,53-51+. The fourth-order valence-electron chi connectivity index (χ4n) is 10.4. The van der Waals surface area contributed by atoms with Gasteiger partial charge in [-0.2, -0.15) is 8.42 Å². The second-order valence-corrected chi connectivity index (χ2v) is 23.8. The molecule has 7 unspecified atom stereocenters. The van der Waals surface area contributed by atoms with Gasteiger partial charge in [-0.1, -0.05) is 288 Å². The number of ether oxygens (including phenoxy) is 2. The zero-order valence-corrected chi connectivity index (χ0v) is 50.4. The van der Waals surface area contributed by atoms with Gasteiger partial charge in [0.05, 0.1) is 25.4 Å². The van der Waals surface area contributed by atoms with Crippen LogP contribution in [0.5, 0.6) is 0 Å². The van der Waals surface area contributed by atoms with Gasteiger partial charge >= 0.3 is 10.4 Å². The summed E-state index contributed by atoms with van der Waals surface area (Å²) in [4.78, 5) is 13.1. The molecule has 0 radical (unpaired) electrons. The quantitative estimate of drug-likeness (QED) is 0.0193. The number of carbonyl (C=O) groups excluding carboxylic acids is 1. The lowest BCUT2D eigenvalue weighted by molar-refractivity contribution is -0.298. The maximum Gasteiger partial charge on any atom is 0.397 e. The third kappa shape index (κ3) is 45.6. The van der Waals surface area contributed by atoms with Crippen LogP contribution in [0.4, 0.5) is 0 Å². The molecule has 0 aliphatic carbocycles. The number of aliphatic hydroxyl groups is 4. The van der Waals surface area contributed by atoms with Gasteiger partial charge in [-0.05, 0) is 51.4 Å². The van der Waals surface area contributed by atoms with Gasteiger partial charge in [0.2, 0.25) is 5.91 Å². The van der Waals surface area contributed by atoms with E-state index < -0.39 is 59.9 Å². The van der Waals surface area contributed by atoms with Crippen molar-refractivity contribution in [2.75, 3.05) is 13.2 Å². The Labute approximate surface area is 473 Å². The molecule has 1 aliphatic heterocycles. The second kappa shape index (κ2) is 53.6. The van der Waals surface area contributed by atoms with Crippen LogP contribution in [0.3, 0.4) is 0 Å². The summed E-state index contributed by atoms with van der Waals surface area (Å²) in [5, 5.41) is 44.9. The first kappa shape index (κ1) is 73.3. The van der Waals surface area contributed by atoms with Gasteiger partial charge < -0.3 is 35.2 Å². The predicted molar refractivity (Wildman–Crippen MR) is 319 cm³/mol. The van der Waals surface area contributed by atoms with Gasteiger partial charge in [0.1, 0.15) is 24.4 Å². The van der Waals surface area contributed by atoms with Crippen molar-refractivity contribution < 1.29 is 51.8 Å². The van der Waals surface area contributed by atoms with Gasteiger partial charge in [0, 0.05) is 6.42 Å². The zero-order valence-electron chi connectivity index (χ0n) is 49.5. The van der Waals surface area contributed by atoms with Crippen molar-refractivity contribution in [3.8, 4) is 0 Å². The number of hydrogen-bond donors (Lipinski definition) is 6. The zero-order chi connectivity index (χ0) is 56.1. The highest BCUT2D eigenvalue weighted by atomic mass is 32.3. The van der Waals surface area contributed by atoms with E-state index in [4.69, 9.17) is 9.47 Å². The summed E-state index contributed by atoms with van der Waals surface area (Å²) in [5.41, 5.74) is 0. The number of unbranched alkanes of at least 4 members (excludes halogenated alkanes) is 41. The van der Waals surface area contributed by atoms with Crippen LogP contribution in [-0.2, 0) is 28.9 Å². The lowest BCUT2D eigenvalue weighted by atomic mass is 9.99. The maximum absolute atomic E-state index is 13.1. The molecule has 12 nitrogen and oxygen atoms in total. The van der Waals surface area contributed by atoms with Crippen LogP contribution >= 0.6 is 0 Å². The van der Waals surface area contributed by atoms with Crippen molar-refractivity contribution in [1.29, 1.82) is 0 Å². The lowest BCUT2D eigenvalue weighted by Crippen LogP contribution is -2.61. The van der Waals surface area contributed by atoms with Crippen LogP contribution in [-0.4, -0.2) is 95.4 Å². The smallest absolute Gasteiger partial charge is 0.394 e. The molecule has 1 aliphatic rings. The Kier molecular flexibility index (Phi) is 51.1. The topological polar surface area (TPSA) is 192 Å². The molecule has 0 aromatic rings. The van der Waals surface area contributed by atoms with Crippen molar-refractivity contribution in [1.82, 2.24) is 5.32 Å². The second-order valence-electron chi connectivity index (χ2n) is 22.7. The summed E-state index contributed by atoms with van der Waals surface area (Å²) >= 11 is 0. The Morgan fingerprint density at radius 1 is 0.519 bits per heavy atom. The summed E-state index contributed by atoms with van der Waals surface area (Å²) in [6.07, 6.45) is 60.9. The van der Waals surface area contributed by atoms with Crippen molar-refractivity contribution in [2.24, 2.45) is 0 Å². The summed E-state index contributed by atoms with van der Waals surface area (Å²) in [6, 6.07) is -0.943. The van der Waals surface area contributed by atoms with Crippen LogP contribution < -0.4 is 5.32 Å². The number of allylic oxidation sites excluding steroid dienone is 5. The first-order valence-corrected chi connectivity index (χ1v) is 33.7. The van der Waals surface area contributed by atoms with Gasteiger partial charge in [0.15, 0.2) is 6.29 Å². The van der Waals surface area contributed by atoms with Crippen LogP contribution in [0.25, 0.3) is 0 Å². The van der Waals surface area contributed by atoms with Gasteiger partial charge in [0.25, 0.3) is 0 Å². The van der Waals surface area contributed by atoms with Crippen molar-refractivity contribution in [3.05, 3.63) is 36.5 Å². The fourth-order valence-corrected chi connectivity index (χ4v) is 10.9. The third-order valence-electron chi connectivity index (χ3n) is 15.4. The van der Waals surface area contributed by atoms with E-state index in [1.54, 1.807) is 6.08 Å². The van der Waals surface area contributed by atoms with Crippen molar-refractivity contribution >= 4 is 16.3 Å². The van der Waals surface area contributed by atoms with E-state index in [1.165, 1.54) is 238 Å². The first-order valence-electron chi connectivity index (χ1n) is 32.4. The average Bonchev–Trinajstić information content (AvgIpc) is 3.41. The van der Waals surface area contributed by atoms with E-state index in [0.717, 1.165) is 44.9 Å². The molecule has 0 spiro atoms. The van der Waals surface area contributed by atoms with Crippen LogP contribution in [0.1, 0.15) is 309 Å². The molecule has 1 amide bonds. The van der Waals surface area contributed by atoms with Crippen molar-refractivity contribution in [3.63, 3.8) is 0 Å². The summed E-state index contributed by atoms with van der Waals surface area (Å²) in [6.45, 7) is 3.42. The largest absolute Gasteiger partial charge is 0.397 e. The molecule has 454 valence electrons. The molecule has 0 aromatic carbocycles. The highest BCUT2D eigenvalue weighted by Crippen LogP contribution is 2.26. The minimum absolute atomic E-state index is 0.259. The van der Waals surface area contributed by atoms with Crippen molar-refractivity contribution in [2.45, 2.75) is 352 Å². The monoisotopic (exact) mass is 1110 g/mol. The van der Waals surface area contributed by atoms with E-state index in [-0.39, 0.29) is 18.9 Å². The molecule has 0 aromatic heterocycles. The number of amides is 1. The molecule has 1 heterocycles. The van der Waals surface area contributed by atoms with E-state index in [0.29, 0.717) is 6.42 Å². The molecule has 1 fully saturated rings. The number of nitrogens with one attached hydrogen (secondary N) is 1. The molecule has 1 rings (SSSR count). The minimum atomic E-state index is -5.09. The Morgan fingerprint density at radius 2 is 0.870 bits per heavy atom. The number of carbonyl (C=O) groups is 1. The van der Waals surface area contributed by atoms with E-state index in [9.17, 15) is 38.2 Å². The van der Waals surface area contributed by atoms with Crippen LogP contribution in [0.15, 0.2) is 36.5 Å².